The Morgan fingerprint density at radius 3 is 1.33 bits per heavy atom. The largest absolute Gasteiger partial charge is 0.311 e. The minimum atomic E-state index is 1.13. The smallest absolute Gasteiger partial charge is 0.0462 e. The molecule has 0 fully saturated rings. The summed E-state index contributed by atoms with van der Waals surface area (Å²) in [6.45, 7) is 0. The van der Waals surface area contributed by atoms with E-state index in [4.69, 9.17) is 0 Å². The van der Waals surface area contributed by atoms with Crippen molar-refractivity contribution in [3.63, 3.8) is 0 Å². The maximum absolute atomic E-state index is 2.33. The van der Waals surface area contributed by atoms with Crippen molar-refractivity contribution in [1.29, 1.82) is 0 Å². The first-order valence-corrected chi connectivity index (χ1v) is 14.6. The van der Waals surface area contributed by atoms with E-state index in [2.05, 4.69) is 157 Å². The summed E-state index contributed by atoms with van der Waals surface area (Å²) < 4.78 is 0. The molecule has 0 radical (unpaired) electrons. The van der Waals surface area contributed by atoms with Crippen molar-refractivity contribution >= 4 is 40.6 Å². The minimum Gasteiger partial charge on any atom is -0.311 e. The van der Waals surface area contributed by atoms with Crippen molar-refractivity contribution in [2.24, 2.45) is 0 Å². The fourth-order valence-electron chi connectivity index (χ4n) is 4.97. The standard InChI is InChI=1S/C36H25NS2/c1-3-9-26(10-4-1)27-15-20-31(21-16-27)37(30-11-5-2-6-12-30)32-22-17-28(18-23-32)29-19-24-35-36(25-29)39-34-14-8-7-13-33(34)38-35/h1-25H. The van der Waals surface area contributed by atoms with Crippen LogP contribution in [0.2, 0.25) is 0 Å². The van der Waals surface area contributed by atoms with Crippen molar-refractivity contribution in [3.05, 3.63) is 152 Å². The molecular formula is C36H25NS2. The Morgan fingerprint density at radius 1 is 0.308 bits per heavy atom. The Bertz CT molecular complexity index is 1730. The van der Waals surface area contributed by atoms with E-state index in [1.807, 2.05) is 23.5 Å². The predicted molar refractivity (Wildman–Crippen MR) is 167 cm³/mol. The summed E-state index contributed by atoms with van der Waals surface area (Å²) in [6, 6.07) is 54.3. The predicted octanol–water partition coefficient (Wildman–Crippen LogP) is 11.1. The Hall–Kier alpha value is -4.18. The van der Waals surface area contributed by atoms with Crippen molar-refractivity contribution in [3.8, 4) is 22.3 Å². The summed E-state index contributed by atoms with van der Waals surface area (Å²) in [4.78, 5) is 7.64. The van der Waals surface area contributed by atoms with Crippen molar-refractivity contribution in [1.82, 2.24) is 0 Å². The zero-order valence-electron chi connectivity index (χ0n) is 21.2. The molecule has 1 aliphatic rings. The molecule has 0 bridgehead atoms. The van der Waals surface area contributed by atoms with Gasteiger partial charge in [0.2, 0.25) is 0 Å². The molecule has 0 N–H and O–H groups in total. The molecule has 0 amide bonds. The molecule has 1 aliphatic heterocycles. The first-order chi connectivity index (χ1) is 19.3. The van der Waals surface area contributed by atoms with Crippen LogP contribution >= 0.6 is 23.5 Å². The Balaban J connectivity index is 1.20. The van der Waals surface area contributed by atoms with Crippen molar-refractivity contribution in [2.45, 2.75) is 19.6 Å². The minimum absolute atomic E-state index is 1.13. The summed E-state index contributed by atoms with van der Waals surface area (Å²) >= 11 is 3.72. The third-order valence-corrected chi connectivity index (χ3v) is 9.48. The Labute approximate surface area is 238 Å². The van der Waals surface area contributed by atoms with Gasteiger partial charge in [0.25, 0.3) is 0 Å². The lowest BCUT2D eigenvalue weighted by atomic mass is 10.0. The molecule has 0 spiro atoms. The zero-order valence-corrected chi connectivity index (χ0v) is 22.8. The SMILES string of the molecule is c1ccc(-c2ccc(N(c3ccccc3)c3ccc(-c4ccc5c(c4)Sc4ccccc4S5)cc3)cc2)cc1. The van der Waals surface area contributed by atoms with Gasteiger partial charge in [-0.2, -0.15) is 0 Å². The van der Waals surface area contributed by atoms with E-state index in [-0.39, 0.29) is 0 Å². The average Bonchev–Trinajstić information content (AvgIpc) is 3.01. The topological polar surface area (TPSA) is 3.24 Å². The van der Waals surface area contributed by atoms with Gasteiger partial charge in [-0.3, -0.25) is 0 Å². The van der Waals surface area contributed by atoms with Crippen LogP contribution in [0.1, 0.15) is 0 Å². The van der Waals surface area contributed by atoms with Crippen molar-refractivity contribution < 1.29 is 0 Å². The van der Waals surface area contributed by atoms with E-state index in [9.17, 15) is 0 Å². The molecule has 1 heterocycles. The number of rotatable bonds is 5. The second kappa shape index (κ2) is 10.5. The molecule has 3 heteroatoms. The molecular weight excluding hydrogens is 511 g/mol. The highest BCUT2D eigenvalue weighted by Crippen LogP contribution is 2.49. The maximum Gasteiger partial charge on any atom is 0.0462 e. The van der Waals surface area contributed by atoms with Crippen LogP contribution in [0.4, 0.5) is 17.1 Å². The summed E-state index contributed by atoms with van der Waals surface area (Å²) in [6.07, 6.45) is 0. The van der Waals surface area contributed by atoms with E-state index < -0.39 is 0 Å². The molecule has 0 unspecified atom stereocenters. The number of fused-ring (bicyclic) bond motifs is 2. The van der Waals surface area contributed by atoms with E-state index >= 15 is 0 Å². The summed E-state index contributed by atoms with van der Waals surface area (Å²) in [7, 11) is 0. The van der Waals surface area contributed by atoms with Crippen LogP contribution in [-0.2, 0) is 0 Å². The number of nitrogens with zero attached hydrogens (tertiary/aromatic N) is 1. The fourth-order valence-corrected chi connectivity index (χ4v) is 7.22. The first-order valence-electron chi connectivity index (χ1n) is 13.0. The van der Waals surface area contributed by atoms with Crippen LogP contribution in [0.5, 0.6) is 0 Å². The molecule has 39 heavy (non-hydrogen) atoms. The van der Waals surface area contributed by atoms with Gasteiger partial charge in [-0.05, 0) is 82.9 Å². The third-order valence-electron chi connectivity index (χ3n) is 6.94. The Kier molecular flexibility index (Phi) is 6.45. The van der Waals surface area contributed by atoms with E-state index in [0.29, 0.717) is 0 Å². The molecule has 186 valence electrons. The molecule has 0 aromatic heterocycles. The number of hydrogen-bond acceptors (Lipinski definition) is 3. The van der Waals surface area contributed by atoms with Gasteiger partial charge in [0.1, 0.15) is 0 Å². The lowest BCUT2D eigenvalue weighted by molar-refractivity contribution is 1.16. The monoisotopic (exact) mass is 535 g/mol. The van der Waals surface area contributed by atoms with Gasteiger partial charge in [-0.1, -0.05) is 115 Å². The molecule has 0 saturated heterocycles. The van der Waals surface area contributed by atoms with Crippen LogP contribution < -0.4 is 4.90 Å². The molecule has 7 rings (SSSR count). The van der Waals surface area contributed by atoms with Gasteiger partial charge in [0, 0.05) is 36.6 Å². The number of anilines is 3. The van der Waals surface area contributed by atoms with Crippen LogP contribution in [-0.4, -0.2) is 0 Å². The van der Waals surface area contributed by atoms with Gasteiger partial charge < -0.3 is 4.90 Å². The first kappa shape index (κ1) is 23.9. The highest BCUT2D eigenvalue weighted by molar-refractivity contribution is 8.05. The van der Waals surface area contributed by atoms with Crippen molar-refractivity contribution in [2.75, 3.05) is 4.90 Å². The summed E-state index contributed by atoms with van der Waals surface area (Å²) in [5, 5.41) is 0. The molecule has 0 saturated carbocycles. The van der Waals surface area contributed by atoms with E-state index in [0.717, 1.165) is 17.1 Å². The van der Waals surface area contributed by atoms with Crippen LogP contribution in [0.25, 0.3) is 22.3 Å². The molecule has 6 aromatic carbocycles. The zero-order chi connectivity index (χ0) is 26.0. The second-order valence-electron chi connectivity index (χ2n) is 9.44. The van der Waals surface area contributed by atoms with E-state index in [1.165, 1.54) is 41.8 Å². The highest BCUT2D eigenvalue weighted by Gasteiger charge is 2.18. The average molecular weight is 536 g/mol. The highest BCUT2D eigenvalue weighted by atomic mass is 32.2. The summed E-state index contributed by atoms with van der Waals surface area (Å²) in [5.74, 6) is 0. The maximum atomic E-state index is 2.33. The molecule has 1 nitrogen and oxygen atoms in total. The summed E-state index contributed by atoms with van der Waals surface area (Å²) in [5.41, 5.74) is 8.31. The fraction of sp³-hybridized carbons (Fsp3) is 0. The Morgan fingerprint density at radius 2 is 0.718 bits per heavy atom. The van der Waals surface area contributed by atoms with Crippen LogP contribution in [0.15, 0.2) is 171 Å². The molecule has 6 aromatic rings. The normalized spacial score (nSPS) is 11.9. The lowest BCUT2D eigenvalue weighted by Gasteiger charge is -2.26. The lowest BCUT2D eigenvalue weighted by Crippen LogP contribution is -2.09. The third kappa shape index (κ3) is 4.87. The molecule has 0 atom stereocenters. The van der Waals surface area contributed by atoms with E-state index in [1.54, 1.807) is 0 Å². The van der Waals surface area contributed by atoms with Crippen LogP contribution in [0, 0.1) is 0 Å². The number of para-hydroxylation sites is 1. The number of hydrogen-bond donors (Lipinski definition) is 0. The van der Waals surface area contributed by atoms with Gasteiger partial charge in [-0.15, -0.1) is 0 Å². The van der Waals surface area contributed by atoms with Crippen LogP contribution in [0.3, 0.4) is 0 Å². The second-order valence-corrected chi connectivity index (χ2v) is 11.6. The number of benzene rings is 6. The molecule has 0 aliphatic carbocycles. The van der Waals surface area contributed by atoms with Gasteiger partial charge in [-0.25, -0.2) is 0 Å². The van der Waals surface area contributed by atoms with Gasteiger partial charge in [0.15, 0.2) is 0 Å². The van der Waals surface area contributed by atoms with Gasteiger partial charge >= 0.3 is 0 Å². The van der Waals surface area contributed by atoms with Gasteiger partial charge in [0.05, 0.1) is 0 Å². The quantitative estimate of drug-likeness (QED) is 0.216.